The van der Waals surface area contributed by atoms with Crippen molar-refractivity contribution < 1.29 is 9.53 Å². The molecule has 3 N–H and O–H groups in total. The van der Waals surface area contributed by atoms with Gasteiger partial charge >= 0.3 is 0 Å². The Morgan fingerprint density at radius 1 is 1.26 bits per heavy atom. The van der Waals surface area contributed by atoms with Crippen molar-refractivity contribution >= 4 is 5.91 Å². The SMILES string of the molecule is Cc1cc(=O)[nH]cc1C(=O)NCC1(NC(C)c2ccccc2)CCOCC1. The van der Waals surface area contributed by atoms with Crippen LogP contribution in [0.15, 0.2) is 47.4 Å². The van der Waals surface area contributed by atoms with Crippen LogP contribution < -0.4 is 16.2 Å². The Morgan fingerprint density at radius 3 is 2.63 bits per heavy atom. The number of amides is 1. The number of carbonyl (C=O) groups is 1. The van der Waals surface area contributed by atoms with Crippen LogP contribution in [0.1, 0.15) is 47.3 Å². The molecule has 1 aliphatic rings. The molecule has 144 valence electrons. The number of rotatable bonds is 6. The van der Waals surface area contributed by atoms with Gasteiger partial charge in [-0.2, -0.15) is 0 Å². The minimum absolute atomic E-state index is 0.163. The lowest BCUT2D eigenvalue weighted by Crippen LogP contribution is -2.57. The zero-order valence-corrected chi connectivity index (χ0v) is 15.9. The molecule has 0 radical (unpaired) electrons. The second kappa shape index (κ2) is 8.50. The van der Waals surface area contributed by atoms with Gasteiger partial charge in [0.25, 0.3) is 5.91 Å². The predicted molar refractivity (Wildman–Crippen MR) is 105 cm³/mol. The quantitative estimate of drug-likeness (QED) is 0.730. The fourth-order valence-corrected chi connectivity index (χ4v) is 3.58. The molecule has 1 aliphatic heterocycles. The lowest BCUT2D eigenvalue weighted by molar-refractivity contribution is 0.0332. The highest BCUT2D eigenvalue weighted by molar-refractivity contribution is 5.95. The Kier molecular flexibility index (Phi) is 6.08. The van der Waals surface area contributed by atoms with Gasteiger partial charge in [-0.1, -0.05) is 30.3 Å². The highest BCUT2D eigenvalue weighted by Crippen LogP contribution is 2.25. The molecule has 2 heterocycles. The van der Waals surface area contributed by atoms with E-state index in [0.29, 0.717) is 30.9 Å². The molecule has 1 saturated heterocycles. The summed E-state index contributed by atoms with van der Waals surface area (Å²) in [6, 6.07) is 11.9. The van der Waals surface area contributed by atoms with E-state index in [1.165, 1.54) is 17.8 Å². The maximum absolute atomic E-state index is 12.6. The van der Waals surface area contributed by atoms with E-state index >= 15 is 0 Å². The molecule has 1 aromatic heterocycles. The van der Waals surface area contributed by atoms with Gasteiger partial charge in [-0.25, -0.2) is 0 Å². The molecule has 0 bridgehead atoms. The molecule has 1 atom stereocenters. The summed E-state index contributed by atoms with van der Waals surface area (Å²) in [4.78, 5) is 26.6. The number of aryl methyl sites for hydroxylation is 1. The van der Waals surface area contributed by atoms with Crippen LogP contribution in [0.4, 0.5) is 0 Å². The minimum atomic E-state index is -0.223. The summed E-state index contributed by atoms with van der Waals surface area (Å²) >= 11 is 0. The summed E-state index contributed by atoms with van der Waals surface area (Å²) < 4.78 is 5.54. The third kappa shape index (κ3) is 4.84. The van der Waals surface area contributed by atoms with E-state index in [-0.39, 0.29) is 23.0 Å². The molecule has 1 unspecified atom stereocenters. The molecule has 1 aromatic carbocycles. The molecular formula is C21H27N3O3. The van der Waals surface area contributed by atoms with Gasteiger partial charge in [-0.05, 0) is 37.8 Å². The van der Waals surface area contributed by atoms with Crippen molar-refractivity contribution in [3.05, 3.63) is 69.6 Å². The number of hydrogen-bond acceptors (Lipinski definition) is 4. The van der Waals surface area contributed by atoms with Crippen LogP contribution in [0.25, 0.3) is 0 Å². The Labute approximate surface area is 159 Å². The van der Waals surface area contributed by atoms with Crippen LogP contribution in [0.5, 0.6) is 0 Å². The van der Waals surface area contributed by atoms with Crippen LogP contribution in [0.2, 0.25) is 0 Å². The van der Waals surface area contributed by atoms with Crippen molar-refractivity contribution in [2.75, 3.05) is 19.8 Å². The van der Waals surface area contributed by atoms with Gasteiger partial charge in [0.05, 0.1) is 5.56 Å². The Bertz CT molecular complexity index is 826. The van der Waals surface area contributed by atoms with Gasteiger partial charge in [0, 0.05) is 43.6 Å². The van der Waals surface area contributed by atoms with Crippen molar-refractivity contribution in [3.63, 3.8) is 0 Å². The predicted octanol–water partition coefficient (Wildman–Crippen LogP) is 2.31. The fourth-order valence-electron chi connectivity index (χ4n) is 3.58. The van der Waals surface area contributed by atoms with Crippen molar-refractivity contribution in [1.29, 1.82) is 0 Å². The van der Waals surface area contributed by atoms with Gasteiger partial charge in [-0.3, -0.25) is 9.59 Å². The summed E-state index contributed by atoms with van der Waals surface area (Å²) in [7, 11) is 0. The molecule has 6 heteroatoms. The van der Waals surface area contributed by atoms with E-state index < -0.39 is 0 Å². The first-order valence-electron chi connectivity index (χ1n) is 9.37. The standard InChI is InChI=1S/C21H27N3O3/c1-15-12-19(25)22-13-18(15)20(26)23-14-21(8-10-27-11-9-21)24-16(2)17-6-4-3-5-7-17/h3-7,12-13,16,24H,8-11,14H2,1-2H3,(H,22,25)(H,23,26). The van der Waals surface area contributed by atoms with E-state index in [4.69, 9.17) is 4.74 Å². The molecule has 2 aromatic rings. The Hall–Kier alpha value is -2.44. The average Bonchev–Trinajstić information content (AvgIpc) is 2.67. The molecule has 0 spiro atoms. The lowest BCUT2D eigenvalue weighted by Gasteiger charge is -2.40. The monoisotopic (exact) mass is 369 g/mol. The summed E-state index contributed by atoms with van der Waals surface area (Å²) in [6.07, 6.45) is 3.13. The Morgan fingerprint density at radius 2 is 1.96 bits per heavy atom. The van der Waals surface area contributed by atoms with Crippen LogP contribution in [0, 0.1) is 6.92 Å². The number of H-pyrrole nitrogens is 1. The van der Waals surface area contributed by atoms with E-state index in [0.717, 1.165) is 12.8 Å². The number of carbonyl (C=O) groups excluding carboxylic acids is 1. The highest BCUT2D eigenvalue weighted by Gasteiger charge is 2.34. The zero-order valence-electron chi connectivity index (χ0n) is 15.9. The van der Waals surface area contributed by atoms with Gasteiger partial charge in [0.2, 0.25) is 5.56 Å². The second-order valence-corrected chi connectivity index (χ2v) is 7.25. The molecule has 6 nitrogen and oxygen atoms in total. The Balaban J connectivity index is 1.71. The minimum Gasteiger partial charge on any atom is -0.381 e. The highest BCUT2D eigenvalue weighted by atomic mass is 16.5. The first-order valence-corrected chi connectivity index (χ1v) is 9.37. The number of benzene rings is 1. The topological polar surface area (TPSA) is 83.2 Å². The van der Waals surface area contributed by atoms with Gasteiger partial charge < -0.3 is 20.4 Å². The first kappa shape index (κ1) is 19.3. The number of aromatic nitrogens is 1. The van der Waals surface area contributed by atoms with Gasteiger partial charge in [0.1, 0.15) is 0 Å². The molecule has 3 rings (SSSR count). The molecule has 27 heavy (non-hydrogen) atoms. The van der Waals surface area contributed by atoms with E-state index in [1.54, 1.807) is 6.92 Å². The summed E-state index contributed by atoms with van der Waals surface area (Å²) in [5.41, 5.74) is 1.95. The molecule has 1 fully saturated rings. The maximum Gasteiger partial charge on any atom is 0.253 e. The molecular weight excluding hydrogens is 342 g/mol. The largest absolute Gasteiger partial charge is 0.381 e. The third-order valence-electron chi connectivity index (χ3n) is 5.24. The van der Waals surface area contributed by atoms with Crippen LogP contribution >= 0.6 is 0 Å². The second-order valence-electron chi connectivity index (χ2n) is 7.25. The van der Waals surface area contributed by atoms with Crippen molar-refractivity contribution in [2.24, 2.45) is 0 Å². The summed E-state index contributed by atoms with van der Waals surface area (Å²) in [5, 5.41) is 6.77. The summed E-state index contributed by atoms with van der Waals surface area (Å²) in [5.74, 6) is -0.177. The van der Waals surface area contributed by atoms with E-state index in [9.17, 15) is 9.59 Å². The number of hydrogen-bond donors (Lipinski definition) is 3. The fraction of sp³-hybridized carbons (Fsp3) is 0.429. The van der Waals surface area contributed by atoms with Crippen LogP contribution in [-0.4, -0.2) is 36.2 Å². The van der Waals surface area contributed by atoms with Crippen molar-refractivity contribution in [2.45, 2.75) is 38.3 Å². The van der Waals surface area contributed by atoms with Gasteiger partial charge in [0.15, 0.2) is 0 Å². The first-order chi connectivity index (χ1) is 13.0. The van der Waals surface area contributed by atoms with Crippen molar-refractivity contribution in [1.82, 2.24) is 15.6 Å². The van der Waals surface area contributed by atoms with E-state index in [1.807, 2.05) is 18.2 Å². The number of pyridine rings is 1. The van der Waals surface area contributed by atoms with Crippen LogP contribution in [0.3, 0.4) is 0 Å². The molecule has 1 amide bonds. The number of ether oxygens (including phenoxy) is 1. The molecule has 0 saturated carbocycles. The van der Waals surface area contributed by atoms with Crippen molar-refractivity contribution in [3.8, 4) is 0 Å². The lowest BCUT2D eigenvalue weighted by atomic mass is 9.88. The van der Waals surface area contributed by atoms with Gasteiger partial charge in [-0.15, -0.1) is 0 Å². The zero-order chi connectivity index (χ0) is 19.3. The number of nitrogens with one attached hydrogen (secondary N) is 3. The molecule has 0 aliphatic carbocycles. The summed E-state index contributed by atoms with van der Waals surface area (Å²) in [6.45, 7) is 5.75. The number of aromatic amines is 1. The third-order valence-corrected chi connectivity index (χ3v) is 5.24. The normalized spacial score (nSPS) is 17.3. The van der Waals surface area contributed by atoms with E-state index in [2.05, 4.69) is 34.7 Å². The smallest absolute Gasteiger partial charge is 0.253 e. The average molecular weight is 369 g/mol. The van der Waals surface area contributed by atoms with Crippen LogP contribution in [-0.2, 0) is 4.74 Å². The maximum atomic E-state index is 12.6.